The Kier molecular flexibility index (Phi) is 5.16. The average molecular weight is 344 g/mol. The lowest BCUT2D eigenvalue weighted by Crippen LogP contribution is -2.53. The number of nitrogens with one attached hydrogen (secondary N) is 3. The van der Waals surface area contributed by atoms with Gasteiger partial charge in [-0.1, -0.05) is 18.6 Å². The number of nitrogens with zero attached hydrogens (tertiary/aromatic N) is 3. The molecule has 1 aromatic carbocycles. The van der Waals surface area contributed by atoms with E-state index < -0.39 is 5.54 Å². The highest BCUT2D eigenvalue weighted by atomic mass is 16.5. The number of aryl methyl sites for hydroxylation is 1. The van der Waals surface area contributed by atoms with Crippen LogP contribution < -0.4 is 15.4 Å². The van der Waals surface area contributed by atoms with Crippen LogP contribution in [0.4, 0.5) is 10.5 Å². The number of aromatic amines is 1. The van der Waals surface area contributed by atoms with Crippen molar-refractivity contribution in [2.45, 2.75) is 51.5 Å². The number of anilines is 1. The molecule has 0 unspecified atom stereocenters. The van der Waals surface area contributed by atoms with Crippen molar-refractivity contribution in [1.29, 1.82) is 0 Å². The number of urea groups is 1. The van der Waals surface area contributed by atoms with Gasteiger partial charge in [-0.3, -0.25) is 0 Å². The Morgan fingerprint density at radius 3 is 2.84 bits per heavy atom. The molecule has 2 amide bonds. The van der Waals surface area contributed by atoms with E-state index in [2.05, 4.69) is 38.2 Å². The second kappa shape index (κ2) is 7.50. The van der Waals surface area contributed by atoms with Crippen molar-refractivity contribution in [3.8, 4) is 5.75 Å². The number of ether oxygens (including phenoxy) is 1. The predicted molar refractivity (Wildman–Crippen MR) is 93.4 cm³/mol. The first-order valence-electron chi connectivity index (χ1n) is 8.69. The van der Waals surface area contributed by atoms with Gasteiger partial charge in [-0.25, -0.2) is 4.79 Å². The largest absolute Gasteiger partial charge is 0.494 e. The van der Waals surface area contributed by atoms with Crippen molar-refractivity contribution in [2.75, 3.05) is 11.9 Å². The standard InChI is InChI=1S/C17H24N6O2/c1-3-4-10-25-13-6-7-14(12(2)11-13)18-16(24)19-17(8-5-9-17)15-20-22-23-21-15/h6-7,11H,3-5,8-10H2,1-2H3,(H2,18,19,24)(H,20,21,22,23). The number of carbonyl (C=O) groups is 1. The summed E-state index contributed by atoms with van der Waals surface area (Å²) in [5, 5.41) is 20.0. The summed E-state index contributed by atoms with van der Waals surface area (Å²) < 4.78 is 5.69. The molecule has 0 atom stereocenters. The second-order valence-electron chi connectivity index (χ2n) is 6.43. The van der Waals surface area contributed by atoms with Crippen LogP contribution in [0.5, 0.6) is 5.75 Å². The molecule has 3 rings (SSSR count). The molecule has 1 heterocycles. The van der Waals surface area contributed by atoms with E-state index in [4.69, 9.17) is 4.74 Å². The fraction of sp³-hybridized carbons (Fsp3) is 0.529. The van der Waals surface area contributed by atoms with Crippen molar-refractivity contribution < 1.29 is 9.53 Å². The van der Waals surface area contributed by atoms with Crippen molar-refractivity contribution in [1.82, 2.24) is 25.9 Å². The molecule has 1 aliphatic rings. The van der Waals surface area contributed by atoms with Crippen LogP contribution in [0.15, 0.2) is 18.2 Å². The molecule has 1 aliphatic carbocycles. The predicted octanol–water partition coefficient (Wildman–Crippen LogP) is 2.89. The summed E-state index contributed by atoms with van der Waals surface area (Å²) in [7, 11) is 0. The summed E-state index contributed by atoms with van der Waals surface area (Å²) in [6, 6.07) is 5.39. The Morgan fingerprint density at radius 1 is 1.40 bits per heavy atom. The van der Waals surface area contributed by atoms with Gasteiger partial charge in [0, 0.05) is 5.69 Å². The van der Waals surface area contributed by atoms with Gasteiger partial charge in [0.05, 0.1) is 6.61 Å². The summed E-state index contributed by atoms with van der Waals surface area (Å²) in [4.78, 5) is 12.4. The van der Waals surface area contributed by atoms with Crippen LogP contribution >= 0.6 is 0 Å². The first kappa shape index (κ1) is 17.2. The molecule has 3 N–H and O–H groups in total. The van der Waals surface area contributed by atoms with Gasteiger partial charge in [-0.05, 0) is 56.4 Å². The lowest BCUT2D eigenvalue weighted by Gasteiger charge is -2.39. The van der Waals surface area contributed by atoms with Gasteiger partial charge >= 0.3 is 6.03 Å². The van der Waals surface area contributed by atoms with Gasteiger partial charge in [-0.2, -0.15) is 5.21 Å². The molecule has 134 valence electrons. The number of amides is 2. The molecule has 1 fully saturated rings. The van der Waals surface area contributed by atoms with Gasteiger partial charge < -0.3 is 15.4 Å². The Balaban J connectivity index is 1.61. The van der Waals surface area contributed by atoms with Crippen molar-refractivity contribution in [3.63, 3.8) is 0 Å². The van der Waals surface area contributed by atoms with Crippen LogP contribution in [0.2, 0.25) is 0 Å². The number of hydrogen-bond donors (Lipinski definition) is 3. The zero-order chi connectivity index (χ0) is 17.7. The monoisotopic (exact) mass is 344 g/mol. The second-order valence-corrected chi connectivity index (χ2v) is 6.43. The Labute approximate surface area is 146 Å². The molecule has 1 saturated carbocycles. The third-order valence-electron chi connectivity index (χ3n) is 4.55. The van der Waals surface area contributed by atoms with E-state index in [-0.39, 0.29) is 6.03 Å². The molecule has 1 aromatic heterocycles. The summed E-state index contributed by atoms with van der Waals surface area (Å²) in [5.74, 6) is 1.35. The summed E-state index contributed by atoms with van der Waals surface area (Å²) in [5.41, 5.74) is 1.18. The van der Waals surface area contributed by atoms with E-state index in [0.717, 1.165) is 49.1 Å². The Morgan fingerprint density at radius 2 is 2.24 bits per heavy atom. The number of unbranched alkanes of at least 4 members (excludes halogenated alkanes) is 1. The average Bonchev–Trinajstić information content (AvgIpc) is 3.08. The Hall–Kier alpha value is -2.64. The zero-order valence-corrected chi connectivity index (χ0v) is 14.6. The van der Waals surface area contributed by atoms with Crippen LogP contribution in [0.1, 0.15) is 50.4 Å². The number of aromatic nitrogens is 4. The normalized spacial score (nSPS) is 15.3. The lowest BCUT2D eigenvalue weighted by atomic mass is 9.76. The molecule has 0 spiro atoms. The zero-order valence-electron chi connectivity index (χ0n) is 14.6. The highest BCUT2D eigenvalue weighted by Crippen LogP contribution is 2.39. The van der Waals surface area contributed by atoms with Crippen LogP contribution in [-0.2, 0) is 5.54 Å². The molecule has 0 aliphatic heterocycles. The maximum absolute atomic E-state index is 12.4. The number of carbonyl (C=O) groups excluding carboxylic acids is 1. The number of benzene rings is 1. The van der Waals surface area contributed by atoms with Crippen molar-refractivity contribution in [2.24, 2.45) is 0 Å². The molecule has 8 heteroatoms. The maximum atomic E-state index is 12.4. The molecule has 25 heavy (non-hydrogen) atoms. The molecule has 0 bridgehead atoms. The SMILES string of the molecule is CCCCOc1ccc(NC(=O)NC2(c3nn[nH]n3)CCC2)c(C)c1. The fourth-order valence-corrected chi connectivity index (χ4v) is 2.87. The quantitative estimate of drug-likeness (QED) is 0.670. The number of hydrogen-bond acceptors (Lipinski definition) is 5. The molecule has 0 saturated heterocycles. The van der Waals surface area contributed by atoms with Crippen LogP contribution in [-0.4, -0.2) is 33.3 Å². The van der Waals surface area contributed by atoms with Crippen LogP contribution in [0.25, 0.3) is 0 Å². The molecule has 8 nitrogen and oxygen atoms in total. The summed E-state index contributed by atoms with van der Waals surface area (Å²) >= 11 is 0. The van der Waals surface area contributed by atoms with Crippen LogP contribution in [0, 0.1) is 6.92 Å². The first-order chi connectivity index (χ1) is 12.1. The lowest BCUT2D eigenvalue weighted by molar-refractivity contribution is 0.175. The topological polar surface area (TPSA) is 105 Å². The number of rotatable bonds is 7. The van der Waals surface area contributed by atoms with Gasteiger partial charge in [-0.15, -0.1) is 10.2 Å². The van der Waals surface area contributed by atoms with E-state index >= 15 is 0 Å². The maximum Gasteiger partial charge on any atom is 0.320 e. The van der Waals surface area contributed by atoms with E-state index in [1.54, 1.807) is 0 Å². The van der Waals surface area contributed by atoms with Gasteiger partial charge in [0.15, 0.2) is 5.82 Å². The molecular weight excluding hydrogens is 320 g/mol. The van der Waals surface area contributed by atoms with Crippen molar-refractivity contribution >= 4 is 11.7 Å². The van der Waals surface area contributed by atoms with E-state index in [1.807, 2.05) is 25.1 Å². The third kappa shape index (κ3) is 3.89. The smallest absolute Gasteiger partial charge is 0.320 e. The fourth-order valence-electron chi connectivity index (χ4n) is 2.87. The minimum atomic E-state index is -0.520. The van der Waals surface area contributed by atoms with Crippen molar-refractivity contribution in [3.05, 3.63) is 29.6 Å². The third-order valence-corrected chi connectivity index (χ3v) is 4.55. The van der Waals surface area contributed by atoms with E-state index in [1.165, 1.54) is 0 Å². The van der Waals surface area contributed by atoms with Gasteiger partial charge in [0.1, 0.15) is 11.3 Å². The van der Waals surface area contributed by atoms with Crippen LogP contribution in [0.3, 0.4) is 0 Å². The molecule has 0 radical (unpaired) electrons. The Bertz CT molecular complexity index is 712. The van der Waals surface area contributed by atoms with E-state index in [9.17, 15) is 4.79 Å². The van der Waals surface area contributed by atoms with Gasteiger partial charge in [0.2, 0.25) is 0 Å². The number of tetrazole rings is 1. The van der Waals surface area contributed by atoms with Gasteiger partial charge in [0.25, 0.3) is 0 Å². The number of H-pyrrole nitrogens is 1. The minimum absolute atomic E-state index is 0.271. The first-order valence-corrected chi connectivity index (χ1v) is 8.69. The van der Waals surface area contributed by atoms with E-state index in [0.29, 0.717) is 12.4 Å². The summed E-state index contributed by atoms with van der Waals surface area (Å²) in [6.07, 6.45) is 4.77. The summed E-state index contributed by atoms with van der Waals surface area (Å²) in [6.45, 7) is 4.78. The molecular formula is C17H24N6O2. The highest BCUT2D eigenvalue weighted by molar-refractivity contribution is 5.90. The highest BCUT2D eigenvalue weighted by Gasteiger charge is 2.43. The molecule has 2 aromatic rings. The minimum Gasteiger partial charge on any atom is -0.494 e.